The third-order valence-corrected chi connectivity index (χ3v) is 5.77. The summed E-state index contributed by atoms with van der Waals surface area (Å²) in [6.07, 6.45) is 9.19. The number of ether oxygens (including phenoxy) is 1. The van der Waals surface area contributed by atoms with Crippen molar-refractivity contribution in [1.82, 2.24) is 0 Å². The maximum absolute atomic E-state index is 11.8. The molecule has 1 aliphatic rings. The minimum Gasteiger partial charge on any atom is -0.462 e. The van der Waals surface area contributed by atoms with Gasteiger partial charge in [-0.2, -0.15) is 0 Å². The molecule has 1 fully saturated rings. The predicted octanol–water partition coefficient (Wildman–Crippen LogP) is 6.66. The summed E-state index contributed by atoms with van der Waals surface area (Å²) in [6, 6.07) is 17.9. The molecule has 0 unspecified atom stereocenters. The molecule has 150 valence electrons. The van der Waals surface area contributed by atoms with Crippen LogP contribution in [-0.4, -0.2) is 12.6 Å². The van der Waals surface area contributed by atoms with E-state index in [0.717, 1.165) is 30.4 Å². The molecule has 0 spiro atoms. The molecule has 2 aromatic carbocycles. The highest BCUT2D eigenvalue weighted by Crippen LogP contribution is 2.44. The molecule has 0 saturated heterocycles. The average Bonchev–Trinajstić information content (AvgIpc) is 2.74. The van der Waals surface area contributed by atoms with Crippen molar-refractivity contribution >= 4 is 12.0 Å². The first-order valence-corrected chi connectivity index (χ1v) is 10.6. The highest BCUT2D eigenvalue weighted by molar-refractivity contribution is 5.89. The minimum atomic E-state index is -0.258. The monoisotopic (exact) mass is 386 g/mol. The number of hydrogen-bond donors (Lipinski definition) is 0. The Labute approximate surface area is 175 Å². The average molecular weight is 387 g/mol. The van der Waals surface area contributed by atoms with Crippen LogP contribution in [0.1, 0.15) is 73.9 Å². The van der Waals surface area contributed by atoms with E-state index in [1.54, 1.807) is 0 Å². The SMILES string of the molecule is CCOC(=O)c1ccc(/C=C2\CCCC[C@@]2(C)CCC#Cc2ccccc2)cc1. The van der Waals surface area contributed by atoms with Crippen LogP contribution in [-0.2, 0) is 4.74 Å². The van der Waals surface area contributed by atoms with E-state index in [9.17, 15) is 4.79 Å². The molecule has 1 saturated carbocycles. The van der Waals surface area contributed by atoms with E-state index in [0.29, 0.717) is 12.2 Å². The Morgan fingerprint density at radius 2 is 1.86 bits per heavy atom. The van der Waals surface area contributed by atoms with Crippen LogP contribution < -0.4 is 0 Å². The normalized spacial score (nSPS) is 20.0. The second kappa shape index (κ2) is 10.1. The Bertz CT molecular complexity index is 897. The summed E-state index contributed by atoms with van der Waals surface area (Å²) in [6.45, 7) is 4.61. The lowest BCUT2D eigenvalue weighted by atomic mass is 9.68. The van der Waals surface area contributed by atoms with Crippen molar-refractivity contribution in [3.8, 4) is 11.8 Å². The van der Waals surface area contributed by atoms with Gasteiger partial charge in [-0.25, -0.2) is 4.79 Å². The molecule has 0 radical (unpaired) electrons. The molecule has 3 rings (SSSR count). The lowest BCUT2D eigenvalue weighted by Crippen LogP contribution is -2.23. The van der Waals surface area contributed by atoms with E-state index in [1.807, 2.05) is 49.4 Å². The molecular weight excluding hydrogens is 356 g/mol. The molecule has 2 heteroatoms. The van der Waals surface area contributed by atoms with Crippen LogP contribution in [0.5, 0.6) is 0 Å². The lowest BCUT2D eigenvalue weighted by Gasteiger charge is -2.36. The summed E-state index contributed by atoms with van der Waals surface area (Å²) in [5.74, 6) is 6.38. The smallest absolute Gasteiger partial charge is 0.338 e. The Balaban J connectivity index is 1.69. The van der Waals surface area contributed by atoms with Crippen molar-refractivity contribution in [2.75, 3.05) is 6.61 Å². The van der Waals surface area contributed by atoms with Crippen molar-refractivity contribution in [2.45, 2.75) is 52.4 Å². The molecule has 2 nitrogen and oxygen atoms in total. The van der Waals surface area contributed by atoms with Crippen LogP contribution in [0.4, 0.5) is 0 Å². The maximum atomic E-state index is 11.8. The highest BCUT2D eigenvalue weighted by Gasteiger charge is 2.30. The standard InChI is InChI=1S/C27H30O2/c1-3-29-26(28)24-17-15-23(16-18-24)21-25-14-8-10-20-27(25,2)19-9-7-13-22-11-5-4-6-12-22/h4-6,11-12,15-18,21H,3,8-10,14,19-20H2,1-2H3/b25-21+/t27-/m1/s1. The van der Waals surface area contributed by atoms with Crippen LogP contribution in [0, 0.1) is 17.3 Å². The molecule has 0 aliphatic heterocycles. The van der Waals surface area contributed by atoms with Gasteiger partial charge in [-0.15, -0.1) is 0 Å². The molecule has 1 atom stereocenters. The maximum Gasteiger partial charge on any atom is 0.338 e. The largest absolute Gasteiger partial charge is 0.462 e. The zero-order chi connectivity index (χ0) is 20.5. The topological polar surface area (TPSA) is 26.3 Å². The van der Waals surface area contributed by atoms with E-state index in [1.165, 1.54) is 24.8 Å². The first kappa shape index (κ1) is 20.9. The molecule has 29 heavy (non-hydrogen) atoms. The van der Waals surface area contributed by atoms with Gasteiger partial charge < -0.3 is 4.74 Å². The molecule has 0 aromatic heterocycles. The quantitative estimate of drug-likeness (QED) is 0.424. The Morgan fingerprint density at radius 1 is 1.10 bits per heavy atom. The van der Waals surface area contributed by atoms with Gasteiger partial charge in [0.15, 0.2) is 0 Å². The molecule has 0 amide bonds. The van der Waals surface area contributed by atoms with Crippen molar-refractivity contribution in [1.29, 1.82) is 0 Å². The van der Waals surface area contributed by atoms with E-state index in [4.69, 9.17) is 4.74 Å². The molecule has 0 bridgehead atoms. The molecule has 0 heterocycles. The van der Waals surface area contributed by atoms with E-state index in [-0.39, 0.29) is 11.4 Å². The summed E-state index contributed by atoms with van der Waals surface area (Å²) < 4.78 is 5.07. The second-order valence-electron chi connectivity index (χ2n) is 7.95. The van der Waals surface area contributed by atoms with Crippen molar-refractivity contribution < 1.29 is 9.53 Å². The van der Waals surface area contributed by atoms with E-state index < -0.39 is 0 Å². The van der Waals surface area contributed by atoms with Gasteiger partial charge in [0.2, 0.25) is 0 Å². The molecule has 1 aliphatic carbocycles. The third-order valence-electron chi connectivity index (χ3n) is 5.77. The summed E-state index contributed by atoms with van der Waals surface area (Å²) in [7, 11) is 0. The van der Waals surface area contributed by atoms with Crippen LogP contribution in [0.3, 0.4) is 0 Å². The van der Waals surface area contributed by atoms with Crippen LogP contribution >= 0.6 is 0 Å². The van der Waals surface area contributed by atoms with Crippen LogP contribution in [0.25, 0.3) is 6.08 Å². The van der Waals surface area contributed by atoms with Gasteiger partial charge in [0.05, 0.1) is 12.2 Å². The third kappa shape index (κ3) is 5.84. The van der Waals surface area contributed by atoms with Gasteiger partial charge >= 0.3 is 5.97 Å². The summed E-state index contributed by atoms with van der Waals surface area (Å²) >= 11 is 0. The predicted molar refractivity (Wildman–Crippen MR) is 120 cm³/mol. The summed E-state index contributed by atoms with van der Waals surface area (Å²) in [4.78, 5) is 11.8. The number of allylic oxidation sites excluding steroid dienone is 1. The van der Waals surface area contributed by atoms with Gasteiger partial charge in [0.25, 0.3) is 0 Å². The lowest BCUT2D eigenvalue weighted by molar-refractivity contribution is 0.0526. The fourth-order valence-electron chi connectivity index (χ4n) is 3.98. The minimum absolute atomic E-state index is 0.198. The van der Waals surface area contributed by atoms with E-state index >= 15 is 0 Å². The van der Waals surface area contributed by atoms with Crippen LogP contribution in [0.15, 0.2) is 60.2 Å². The fraction of sp³-hybridized carbons (Fsp3) is 0.370. The van der Waals surface area contributed by atoms with Gasteiger partial charge in [-0.05, 0) is 67.9 Å². The number of benzene rings is 2. The van der Waals surface area contributed by atoms with Crippen LogP contribution in [0.2, 0.25) is 0 Å². The Kier molecular flexibility index (Phi) is 7.30. The number of hydrogen-bond acceptors (Lipinski definition) is 2. The van der Waals surface area contributed by atoms with Crippen molar-refractivity contribution in [2.24, 2.45) is 5.41 Å². The second-order valence-corrected chi connectivity index (χ2v) is 7.95. The summed E-state index contributed by atoms with van der Waals surface area (Å²) in [5.41, 5.74) is 4.55. The van der Waals surface area contributed by atoms with Gasteiger partial charge in [0.1, 0.15) is 0 Å². The zero-order valence-electron chi connectivity index (χ0n) is 17.5. The Hall–Kier alpha value is -2.79. The van der Waals surface area contributed by atoms with E-state index in [2.05, 4.69) is 37.0 Å². The molecule has 2 aromatic rings. The number of carbonyl (C=O) groups excluding carboxylic acids is 1. The first-order valence-electron chi connectivity index (χ1n) is 10.6. The molecule has 0 N–H and O–H groups in total. The zero-order valence-corrected chi connectivity index (χ0v) is 17.5. The van der Waals surface area contributed by atoms with Gasteiger partial charge in [-0.3, -0.25) is 0 Å². The Morgan fingerprint density at radius 3 is 2.59 bits per heavy atom. The van der Waals surface area contributed by atoms with Crippen molar-refractivity contribution in [3.63, 3.8) is 0 Å². The number of esters is 1. The first-order chi connectivity index (χ1) is 14.1. The van der Waals surface area contributed by atoms with Gasteiger partial charge in [0, 0.05) is 12.0 Å². The van der Waals surface area contributed by atoms with Crippen molar-refractivity contribution in [3.05, 3.63) is 76.9 Å². The highest BCUT2D eigenvalue weighted by atomic mass is 16.5. The molecular formula is C27H30O2. The number of rotatable bonds is 5. The van der Waals surface area contributed by atoms with Gasteiger partial charge in [-0.1, -0.05) is 67.2 Å². The summed E-state index contributed by atoms with van der Waals surface area (Å²) in [5, 5.41) is 0. The number of carbonyl (C=O) groups is 1. The fourth-order valence-corrected chi connectivity index (χ4v) is 3.98.